The smallest absolute Gasteiger partial charge is 0.0744 e. The van der Waals surface area contributed by atoms with Crippen molar-refractivity contribution < 1.29 is 5.11 Å². The van der Waals surface area contributed by atoms with E-state index in [0.717, 1.165) is 23.3 Å². The molecule has 1 N–H and O–H groups in total. The van der Waals surface area contributed by atoms with Gasteiger partial charge in [0.15, 0.2) is 0 Å². The van der Waals surface area contributed by atoms with Crippen molar-refractivity contribution in [3.63, 3.8) is 0 Å². The summed E-state index contributed by atoms with van der Waals surface area (Å²) in [4.78, 5) is 0. The number of benzene rings is 1. The molecule has 1 aromatic carbocycles. The van der Waals surface area contributed by atoms with E-state index in [1.807, 2.05) is 18.2 Å². The van der Waals surface area contributed by atoms with Gasteiger partial charge in [0.05, 0.1) is 5.60 Å². The molecule has 0 unspecified atom stereocenters. The average Bonchev–Trinajstić information content (AvgIpc) is 2.35. The van der Waals surface area contributed by atoms with E-state index in [4.69, 9.17) is 11.6 Å². The fourth-order valence-electron chi connectivity index (χ4n) is 5.26. The van der Waals surface area contributed by atoms with Gasteiger partial charge in [0.1, 0.15) is 0 Å². The van der Waals surface area contributed by atoms with Gasteiger partial charge in [-0.2, -0.15) is 0 Å². The predicted octanol–water partition coefficient (Wildman–Crippen LogP) is 4.07. The second-order valence-electron chi connectivity index (χ2n) is 7.10. The van der Waals surface area contributed by atoms with Crippen molar-refractivity contribution in [2.24, 2.45) is 23.7 Å². The SMILES string of the molecule is OC1(Cc2cccc(Cl)c2)C2CC3CC(C2)CC1C3. The van der Waals surface area contributed by atoms with Gasteiger partial charge >= 0.3 is 0 Å². The molecule has 0 heterocycles. The lowest BCUT2D eigenvalue weighted by atomic mass is 9.49. The monoisotopic (exact) mass is 276 g/mol. The van der Waals surface area contributed by atoms with Crippen molar-refractivity contribution in [3.8, 4) is 0 Å². The van der Waals surface area contributed by atoms with Gasteiger partial charge in [-0.05, 0) is 73.5 Å². The first-order valence-corrected chi connectivity index (χ1v) is 7.98. The first-order chi connectivity index (χ1) is 9.13. The van der Waals surface area contributed by atoms with Crippen LogP contribution in [0.1, 0.15) is 37.7 Å². The molecular formula is C17H21ClO. The Kier molecular flexibility index (Phi) is 2.72. The topological polar surface area (TPSA) is 20.2 Å². The van der Waals surface area contributed by atoms with E-state index >= 15 is 0 Å². The van der Waals surface area contributed by atoms with Crippen LogP contribution in [0.5, 0.6) is 0 Å². The summed E-state index contributed by atoms with van der Waals surface area (Å²) in [6.07, 6.45) is 7.24. The molecule has 5 rings (SSSR count). The van der Waals surface area contributed by atoms with Crippen LogP contribution in [0, 0.1) is 23.7 Å². The zero-order chi connectivity index (χ0) is 13.0. The van der Waals surface area contributed by atoms with Crippen LogP contribution in [0.25, 0.3) is 0 Å². The maximum atomic E-state index is 11.3. The molecule has 4 aliphatic carbocycles. The van der Waals surface area contributed by atoms with E-state index in [0.29, 0.717) is 11.8 Å². The third-order valence-corrected chi connectivity index (χ3v) is 6.16. The van der Waals surface area contributed by atoms with Gasteiger partial charge in [0, 0.05) is 11.4 Å². The zero-order valence-electron chi connectivity index (χ0n) is 11.2. The summed E-state index contributed by atoms with van der Waals surface area (Å²) in [5.41, 5.74) is 0.737. The van der Waals surface area contributed by atoms with E-state index in [1.165, 1.54) is 37.7 Å². The quantitative estimate of drug-likeness (QED) is 0.863. The van der Waals surface area contributed by atoms with Crippen LogP contribution in [0.15, 0.2) is 24.3 Å². The molecule has 19 heavy (non-hydrogen) atoms. The van der Waals surface area contributed by atoms with Crippen LogP contribution < -0.4 is 0 Å². The predicted molar refractivity (Wildman–Crippen MR) is 77.2 cm³/mol. The Morgan fingerprint density at radius 2 is 1.68 bits per heavy atom. The van der Waals surface area contributed by atoms with E-state index in [2.05, 4.69) is 6.07 Å². The highest BCUT2D eigenvalue weighted by molar-refractivity contribution is 6.30. The Morgan fingerprint density at radius 1 is 1.05 bits per heavy atom. The molecule has 1 aromatic rings. The summed E-state index contributed by atoms with van der Waals surface area (Å²) in [5, 5.41) is 12.1. The zero-order valence-corrected chi connectivity index (χ0v) is 11.9. The Hall–Kier alpha value is -0.530. The Balaban J connectivity index is 1.63. The van der Waals surface area contributed by atoms with Crippen molar-refractivity contribution in [2.75, 3.05) is 0 Å². The van der Waals surface area contributed by atoms with Crippen molar-refractivity contribution in [3.05, 3.63) is 34.9 Å². The lowest BCUT2D eigenvalue weighted by molar-refractivity contribution is -0.171. The largest absolute Gasteiger partial charge is 0.389 e. The second-order valence-corrected chi connectivity index (χ2v) is 7.54. The first kappa shape index (κ1) is 12.2. The number of halogens is 1. The molecule has 4 aliphatic rings. The summed E-state index contributed by atoms with van der Waals surface area (Å²) < 4.78 is 0. The lowest BCUT2D eigenvalue weighted by Gasteiger charge is -2.59. The van der Waals surface area contributed by atoms with Gasteiger partial charge in [0.25, 0.3) is 0 Å². The third kappa shape index (κ3) is 1.94. The normalized spacial score (nSPS) is 43.7. The minimum atomic E-state index is -0.460. The Labute approximate surface area is 120 Å². The van der Waals surface area contributed by atoms with Gasteiger partial charge < -0.3 is 5.11 Å². The van der Waals surface area contributed by atoms with Crippen molar-refractivity contribution >= 4 is 11.6 Å². The van der Waals surface area contributed by atoms with Crippen LogP contribution in [0.3, 0.4) is 0 Å². The average molecular weight is 277 g/mol. The highest BCUT2D eigenvalue weighted by Crippen LogP contribution is 2.59. The lowest BCUT2D eigenvalue weighted by Crippen LogP contribution is -2.58. The van der Waals surface area contributed by atoms with E-state index in [1.54, 1.807) is 0 Å². The molecule has 0 spiro atoms. The van der Waals surface area contributed by atoms with Crippen LogP contribution in [-0.4, -0.2) is 10.7 Å². The number of hydrogen-bond donors (Lipinski definition) is 1. The number of aliphatic hydroxyl groups is 1. The molecule has 4 saturated carbocycles. The molecule has 0 amide bonds. The molecule has 4 bridgehead atoms. The van der Waals surface area contributed by atoms with Gasteiger partial charge in [-0.1, -0.05) is 23.7 Å². The van der Waals surface area contributed by atoms with E-state index in [9.17, 15) is 5.11 Å². The molecular weight excluding hydrogens is 256 g/mol. The molecule has 0 aromatic heterocycles. The molecule has 0 saturated heterocycles. The van der Waals surface area contributed by atoms with Gasteiger partial charge in [0.2, 0.25) is 0 Å². The highest BCUT2D eigenvalue weighted by atomic mass is 35.5. The fraction of sp³-hybridized carbons (Fsp3) is 0.647. The van der Waals surface area contributed by atoms with Gasteiger partial charge in [-0.3, -0.25) is 0 Å². The van der Waals surface area contributed by atoms with Crippen LogP contribution >= 0.6 is 11.6 Å². The van der Waals surface area contributed by atoms with Crippen molar-refractivity contribution in [1.82, 2.24) is 0 Å². The summed E-state index contributed by atoms with van der Waals surface area (Å²) in [6, 6.07) is 8.03. The number of hydrogen-bond acceptors (Lipinski definition) is 1. The summed E-state index contributed by atoms with van der Waals surface area (Å²) in [5.74, 6) is 2.87. The molecule has 4 fully saturated rings. The molecule has 2 heteroatoms. The number of rotatable bonds is 2. The molecule has 0 aliphatic heterocycles. The fourth-order valence-corrected chi connectivity index (χ4v) is 5.48. The van der Waals surface area contributed by atoms with Crippen LogP contribution in [0.4, 0.5) is 0 Å². The second kappa shape index (κ2) is 4.23. The van der Waals surface area contributed by atoms with Gasteiger partial charge in [-0.15, -0.1) is 0 Å². The highest BCUT2D eigenvalue weighted by Gasteiger charge is 2.56. The third-order valence-electron chi connectivity index (χ3n) is 5.93. The van der Waals surface area contributed by atoms with E-state index < -0.39 is 5.60 Å². The van der Waals surface area contributed by atoms with Crippen LogP contribution in [-0.2, 0) is 6.42 Å². The van der Waals surface area contributed by atoms with Crippen molar-refractivity contribution in [2.45, 2.75) is 44.1 Å². The molecule has 0 atom stereocenters. The first-order valence-electron chi connectivity index (χ1n) is 7.60. The van der Waals surface area contributed by atoms with Crippen molar-refractivity contribution in [1.29, 1.82) is 0 Å². The van der Waals surface area contributed by atoms with Gasteiger partial charge in [-0.25, -0.2) is 0 Å². The van der Waals surface area contributed by atoms with Crippen LogP contribution in [0.2, 0.25) is 5.02 Å². The molecule has 1 nitrogen and oxygen atoms in total. The molecule has 0 radical (unpaired) electrons. The maximum Gasteiger partial charge on any atom is 0.0744 e. The summed E-state index contributed by atoms with van der Waals surface area (Å²) >= 11 is 6.08. The minimum Gasteiger partial charge on any atom is -0.389 e. The molecule has 102 valence electrons. The maximum absolute atomic E-state index is 11.3. The Morgan fingerprint density at radius 3 is 2.26 bits per heavy atom. The minimum absolute atomic E-state index is 0.460. The van der Waals surface area contributed by atoms with E-state index in [-0.39, 0.29) is 0 Å². The summed E-state index contributed by atoms with van der Waals surface area (Å²) in [6.45, 7) is 0. The standard InChI is InChI=1S/C17H21ClO/c18-16-3-1-2-11(9-16)10-17(19)14-5-12-4-13(7-14)8-15(17)6-12/h1-3,9,12-15,19H,4-8,10H2. The summed E-state index contributed by atoms with van der Waals surface area (Å²) in [7, 11) is 0. The Bertz CT molecular complexity index is 468.